The Labute approximate surface area is 72.1 Å². The smallest absolute Gasteiger partial charge is 0.135 e. The minimum absolute atomic E-state index is 0. The van der Waals surface area contributed by atoms with Gasteiger partial charge in [0, 0.05) is 18.3 Å². The van der Waals surface area contributed by atoms with E-state index in [4.69, 9.17) is 0 Å². The largest absolute Gasteiger partial charge is 0.300 e. The number of hydrogen-bond acceptors (Lipinski definition) is 2. The second kappa shape index (κ2) is 4.85. The molecule has 0 spiro atoms. The van der Waals surface area contributed by atoms with E-state index in [2.05, 4.69) is 4.98 Å². The van der Waals surface area contributed by atoms with Gasteiger partial charge in [-0.3, -0.25) is 9.78 Å². The number of halogens is 1. The van der Waals surface area contributed by atoms with E-state index in [1.165, 1.54) is 0 Å². The van der Waals surface area contributed by atoms with E-state index in [-0.39, 0.29) is 18.2 Å². The zero-order valence-electron chi connectivity index (χ0n) is 6.28. The Morgan fingerprint density at radius 3 is 2.73 bits per heavy atom. The number of carbonyl (C=O) groups excluding carboxylic acids is 1. The zero-order chi connectivity index (χ0) is 7.40. The highest BCUT2D eigenvalue weighted by molar-refractivity contribution is 5.85. The SMILES string of the molecule is CC(=O)Cc1ccccn1.Cl. The molecule has 0 fully saturated rings. The van der Waals surface area contributed by atoms with Crippen molar-refractivity contribution in [2.24, 2.45) is 0 Å². The second-order valence-electron chi connectivity index (χ2n) is 2.20. The molecule has 0 aliphatic rings. The summed E-state index contributed by atoms with van der Waals surface area (Å²) in [5.74, 6) is 0.152. The highest BCUT2D eigenvalue weighted by atomic mass is 35.5. The van der Waals surface area contributed by atoms with Crippen molar-refractivity contribution in [3.05, 3.63) is 30.1 Å². The van der Waals surface area contributed by atoms with Crippen LogP contribution < -0.4 is 0 Å². The van der Waals surface area contributed by atoms with E-state index in [1.807, 2.05) is 18.2 Å². The molecule has 0 saturated carbocycles. The molecule has 1 aromatic heterocycles. The maximum Gasteiger partial charge on any atom is 0.135 e. The molecule has 60 valence electrons. The van der Waals surface area contributed by atoms with E-state index < -0.39 is 0 Å². The van der Waals surface area contributed by atoms with Gasteiger partial charge in [0.15, 0.2) is 0 Å². The van der Waals surface area contributed by atoms with Crippen molar-refractivity contribution in [2.75, 3.05) is 0 Å². The van der Waals surface area contributed by atoms with Crippen molar-refractivity contribution in [3.63, 3.8) is 0 Å². The molecule has 1 heterocycles. The van der Waals surface area contributed by atoms with Gasteiger partial charge in [0.1, 0.15) is 5.78 Å². The molecule has 0 aliphatic carbocycles. The summed E-state index contributed by atoms with van der Waals surface area (Å²) >= 11 is 0. The van der Waals surface area contributed by atoms with Crippen molar-refractivity contribution in [2.45, 2.75) is 13.3 Å². The number of hydrogen-bond donors (Lipinski definition) is 0. The van der Waals surface area contributed by atoms with Gasteiger partial charge in [-0.05, 0) is 19.1 Å². The van der Waals surface area contributed by atoms with E-state index in [1.54, 1.807) is 13.1 Å². The summed E-state index contributed by atoms with van der Waals surface area (Å²) in [6, 6.07) is 5.57. The predicted octanol–water partition coefficient (Wildman–Crippen LogP) is 1.63. The lowest BCUT2D eigenvalue weighted by Gasteiger charge is -1.92. The third kappa shape index (κ3) is 3.73. The summed E-state index contributed by atoms with van der Waals surface area (Å²) in [4.78, 5) is 14.6. The van der Waals surface area contributed by atoms with Crippen molar-refractivity contribution in [1.82, 2.24) is 4.98 Å². The van der Waals surface area contributed by atoms with Crippen LogP contribution in [-0.4, -0.2) is 10.8 Å². The van der Waals surface area contributed by atoms with Crippen LogP contribution in [0.25, 0.3) is 0 Å². The minimum Gasteiger partial charge on any atom is -0.300 e. The van der Waals surface area contributed by atoms with Crippen LogP contribution in [0.1, 0.15) is 12.6 Å². The molecule has 1 aromatic rings. The van der Waals surface area contributed by atoms with Crippen LogP contribution in [0.4, 0.5) is 0 Å². The van der Waals surface area contributed by atoms with Gasteiger partial charge in [0.2, 0.25) is 0 Å². The van der Waals surface area contributed by atoms with Crippen LogP contribution in [0.3, 0.4) is 0 Å². The molecule has 0 radical (unpaired) electrons. The van der Waals surface area contributed by atoms with Crippen LogP contribution in [0.15, 0.2) is 24.4 Å². The molecule has 2 nitrogen and oxygen atoms in total. The molecule has 0 N–H and O–H groups in total. The van der Waals surface area contributed by atoms with Crippen LogP contribution in [0, 0.1) is 0 Å². The maximum atomic E-state index is 10.6. The standard InChI is InChI=1S/C8H9NO.ClH/c1-7(10)6-8-4-2-3-5-9-8;/h2-5H,6H2,1H3;1H. The molecule has 0 aliphatic heterocycles. The van der Waals surface area contributed by atoms with Crippen LogP contribution in [0.5, 0.6) is 0 Å². The van der Waals surface area contributed by atoms with Gasteiger partial charge in [-0.2, -0.15) is 0 Å². The molecule has 3 heteroatoms. The average Bonchev–Trinajstić information content (AvgIpc) is 1.88. The topological polar surface area (TPSA) is 30.0 Å². The number of pyridine rings is 1. The first kappa shape index (κ1) is 10.1. The molecule has 0 aromatic carbocycles. The van der Waals surface area contributed by atoms with Gasteiger partial charge in [0.25, 0.3) is 0 Å². The quantitative estimate of drug-likeness (QED) is 0.677. The second-order valence-corrected chi connectivity index (χ2v) is 2.20. The monoisotopic (exact) mass is 171 g/mol. The number of carbonyl (C=O) groups is 1. The number of aromatic nitrogens is 1. The fourth-order valence-electron chi connectivity index (χ4n) is 0.758. The Morgan fingerprint density at radius 2 is 2.27 bits per heavy atom. The first-order valence-corrected chi connectivity index (χ1v) is 3.18. The Balaban J connectivity index is 0.000001000. The van der Waals surface area contributed by atoms with Gasteiger partial charge in [-0.25, -0.2) is 0 Å². The summed E-state index contributed by atoms with van der Waals surface area (Å²) in [5.41, 5.74) is 0.843. The van der Waals surface area contributed by atoms with E-state index in [0.29, 0.717) is 6.42 Å². The molecule has 0 unspecified atom stereocenters. The summed E-state index contributed by atoms with van der Waals surface area (Å²) in [7, 11) is 0. The third-order valence-corrected chi connectivity index (χ3v) is 1.16. The van der Waals surface area contributed by atoms with Crippen LogP contribution >= 0.6 is 12.4 Å². The zero-order valence-corrected chi connectivity index (χ0v) is 7.10. The molecule has 0 amide bonds. The lowest BCUT2D eigenvalue weighted by molar-refractivity contribution is -0.116. The first-order valence-electron chi connectivity index (χ1n) is 3.18. The number of Topliss-reactive ketones (excluding diaryl/α,β-unsaturated/α-hetero) is 1. The fraction of sp³-hybridized carbons (Fsp3) is 0.250. The molecule has 11 heavy (non-hydrogen) atoms. The number of ketones is 1. The molecule has 0 saturated heterocycles. The van der Waals surface area contributed by atoms with Crippen LogP contribution in [0.2, 0.25) is 0 Å². The van der Waals surface area contributed by atoms with Gasteiger partial charge < -0.3 is 0 Å². The summed E-state index contributed by atoms with van der Waals surface area (Å²) in [6.07, 6.45) is 2.14. The lowest BCUT2D eigenvalue weighted by atomic mass is 10.2. The Bertz CT molecular complexity index is 223. The Morgan fingerprint density at radius 1 is 1.55 bits per heavy atom. The summed E-state index contributed by atoms with van der Waals surface area (Å²) < 4.78 is 0. The Kier molecular flexibility index (Phi) is 4.46. The fourth-order valence-corrected chi connectivity index (χ4v) is 0.758. The van der Waals surface area contributed by atoms with Crippen molar-refractivity contribution >= 4 is 18.2 Å². The van der Waals surface area contributed by atoms with Crippen molar-refractivity contribution in [1.29, 1.82) is 0 Å². The molecular formula is C8H10ClNO. The predicted molar refractivity (Wildman–Crippen MR) is 45.9 cm³/mol. The van der Waals surface area contributed by atoms with E-state index >= 15 is 0 Å². The van der Waals surface area contributed by atoms with Gasteiger partial charge in [-0.15, -0.1) is 12.4 Å². The summed E-state index contributed by atoms with van der Waals surface area (Å²) in [6.45, 7) is 1.56. The maximum absolute atomic E-state index is 10.6. The van der Waals surface area contributed by atoms with E-state index in [0.717, 1.165) is 5.69 Å². The molecule has 0 bridgehead atoms. The minimum atomic E-state index is 0. The van der Waals surface area contributed by atoms with Gasteiger partial charge >= 0.3 is 0 Å². The van der Waals surface area contributed by atoms with Crippen molar-refractivity contribution < 1.29 is 4.79 Å². The highest BCUT2D eigenvalue weighted by Gasteiger charge is 1.95. The first-order chi connectivity index (χ1) is 4.79. The van der Waals surface area contributed by atoms with Gasteiger partial charge in [0.05, 0.1) is 0 Å². The Hall–Kier alpha value is -0.890. The third-order valence-electron chi connectivity index (χ3n) is 1.16. The van der Waals surface area contributed by atoms with E-state index in [9.17, 15) is 4.79 Å². The van der Waals surface area contributed by atoms with Crippen molar-refractivity contribution in [3.8, 4) is 0 Å². The lowest BCUT2D eigenvalue weighted by Crippen LogP contribution is -1.97. The molecule has 1 rings (SSSR count). The average molecular weight is 172 g/mol. The molecule has 0 atom stereocenters. The highest BCUT2D eigenvalue weighted by Crippen LogP contribution is 1.94. The van der Waals surface area contributed by atoms with Gasteiger partial charge in [-0.1, -0.05) is 6.07 Å². The normalized spacial score (nSPS) is 8.45. The van der Waals surface area contributed by atoms with Crippen LogP contribution in [-0.2, 0) is 11.2 Å². The molecular weight excluding hydrogens is 162 g/mol. The summed E-state index contributed by atoms with van der Waals surface area (Å²) in [5, 5.41) is 0. The number of nitrogens with zero attached hydrogens (tertiary/aromatic N) is 1. The number of rotatable bonds is 2.